The summed E-state index contributed by atoms with van der Waals surface area (Å²) < 4.78 is 0. The maximum Gasteiger partial charge on any atom is 0.337 e. The van der Waals surface area contributed by atoms with Crippen molar-refractivity contribution in [2.24, 2.45) is 17.8 Å². The van der Waals surface area contributed by atoms with Gasteiger partial charge in [0, 0.05) is 29.4 Å². The molecule has 4 saturated carbocycles. The van der Waals surface area contributed by atoms with E-state index >= 15 is 0 Å². The lowest BCUT2D eigenvalue weighted by molar-refractivity contribution is -0.146. The minimum atomic E-state index is -0.834. The number of anilines is 1. The Bertz CT molecular complexity index is 756. The van der Waals surface area contributed by atoms with E-state index in [-0.39, 0.29) is 0 Å². The lowest BCUT2D eigenvalue weighted by atomic mass is 9.51. The van der Waals surface area contributed by atoms with Crippen LogP contribution in [0.15, 0.2) is 24.3 Å². The van der Waals surface area contributed by atoms with Gasteiger partial charge in [0.25, 0.3) is 0 Å². The molecule has 2 N–H and O–H groups in total. The number of piperidine rings is 2. The number of hydrogen-bond acceptors (Lipinski definition) is 3. The summed E-state index contributed by atoms with van der Waals surface area (Å²) in [5.74, 6) is 2.17. The molecule has 0 amide bonds. The van der Waals surface area contributed by atoms with Crippen molar-refractivity contribution < 1.29 is 9.90 Å². The summed E-state index contributed by atoms with van der Waals surface area (Å²) in [4.78, 5) is 14.7. The SMILES string of the molecule is O=C(O)c1ccccc1N[C@H]1C[C@H]2CCC[C@@H](C1)N2C12CC3CC(CC(C3)C1)C2. The van der Waals surface area contributed by atoms with E-state index in [4.69, 9.17) is 0 Å². The Balaban J connectivity index is 1.24. The largest absolute Gasteiger partial charge is 0.478 e. The van der Waals surface area contributed by atoms with Crippen molar-refractivity contribution in [1.82, 2.24) is 4.90 Å². The lowest BCUT2D eigenvalue weighted by Gasteiger charge is -2.66. The summed E-state index contributed by atoms with van der Waals surface area (Å²) in [5, 5.41) is 13.2. The molecule has 3 atom stereocenters. The summed E-state index contributed by atoms with van der Waals surface area (Å²) in [6, 6.07) is 9.19. The molecule has 6 bridgehead atoms. The minimum Gasteiger partial charge on any atom is -0.478 e. The highest BCUT2D eigenvalue weighted by atomic mass is 16.4. The number of para-hydroxylation sites is 1. The van der Waals surface area contributed by atoms with E-state index < -0.39 is 5.97 Å². The molecule has 4 nitrogen and oxygen atoms in total. The summed E-state index contributed by atoms with van der Waals surface area (Å²) in [6.45, 7) is 0. The molecule has 2 aliphatic heterocycles. The van der Waals surface area contributed by atoms with Crippen LogP contribution in [0.3, 0.4) is 0 Å². The van der Waals surface area contributed by atoms with E-state index in [2.05, 4.69) is 10.2 Å². The van der Waals surface area contributed by atoms with Crippen molar-refractivity contribution in [3.63, 3.8) is 0 Å². The summed E-state index contributed by atoms with van der Waals surface area (Å²) >= 11 is 0. The molecule has 6 aliphatic rings. The minimum absolute atomic E-state index is 0.399. The third-order valence-corrected chi connectivity index (χ3v) is 9.05. The number of rotatable bonds is 4. The standard InChI is InChI=1S/C25H34N2O2/c28-24(29)22-6-1-2-7-23(22)26-19-11-20-4-3-5-21(12-19)27(20)25-13-16-8-17(14-25)10-18(9-16)15-25/h1-2,6-7,16-21,26H,3-5,8-15H2,(H,28,29)/t16?,17?,18?,19-,20+,21-,25?. The number of carbonyl (C=O) groups is 1. The highest BCUT2D eigenvalue weighted by molar-refractivity contribution is 5.94. The first kappa shape index (κ1) is 18.2. The average molecular weight is 395 g/mol. The predicted molar refractivity (Wildman–Crippen MR) is 114 cm³/mol. The van der Waals surface area contributed by atoms with Crippen molar-refractivity contribution >= 4 is 11.7 Å². The van der Waals surface area contributed by atoms with E-state index in [0.29, 0.717) is 29.2 Å². The van der Waals surface area contributed by atoms with E-state index in [0.717, 1.165) is 23.4 Å². The van der Waals surface area contributed by atoms with E-state index in [1.807, 2.05) is 18.2 Å². The van der Waals surface area contributed by atoms with Crippen molar-refractivity contribution in [2.75, 3.05) is 5.32 Å². The van der Waals surface area contributed by atoms with Crippen LogP contribution in [0.2, 0.25) is 0 Å². The van der Waals surface area contributed by atoms with Gasteiger partial charge in [-0.25, -0.2) is 4.79 Å². The van der Waals surface area contributed by atoms with E-state index in [9.17, 15) is 9.90 Å². The van der Waals surface area contributed by atoms with Crippen LogP contribution in [0, 0.1) is 17.8 Å². The van der Waals surface area contributed by atoms with Crippen LogP contribution in [-0.4, -0.2) is 39.6 Å². The van der Waals surface area contributed by atoms with Gasteiger partial charge in [0.1, 0.15) is 0 Å². The second-order valence-electron chi connectivity index (χ2n) is 11.0. The van der Waals surface area contributed by atoms with Crippen LogP contribution in [-0.2, 0) is 0 Å². The third kappa shape index (κ3) is 3.01. The number of nitrogens with zero attached hydrogens (tertiary/aromatic N) is 1. The van der Waals surface area contributed by atoms with Crippen LogP contribution in [0.4, 0.5) is 5.69 Å². The Morgan fingerprint density at radius 2 is 1.52 bits per heavy atom. The molecule has 0 spiro atoms. The number of benzene rings is 1. The highest BCUT2D eigenvalue weighted by Crippen LogP contribution is 2.60. The molecule has 1 aromatic carbocycles. The molecule has 4 heteroatoms. The van der Waals surface area contributed by atoms with Crippen LogP contribution in [0.5, 0.6) is 0 Å². The molecule has 156 valence electrons. The number of fused-ring (bicyclic) bond motifs is 2. The zero-order valence-electron chi connectivity index (χ0n) is 17.4. The molecule has 6 fully saturated rings. The maximum absolute atomic E-state index is 11.6. The monoisotopic (exact) mass is 394 g/mol. The number of hydrogen-bond donors (Lipinski definition) is 2. The summed E-state index contributed by atoms with van der Waals surface area (Å²) in [6.07, 6.45) is 15.3. The fourth-order valence-corrected chi connectivity index (χ4v) is 8.67. The van der Waals surface area contributed by atoms with Crippen LogP contribution >= 0.6 is 0 Å². The normalized spacial score (nSPS) is 43.3. The van der Waals surface area contributed by atoms with Crippen LogP contribution in [0.1, 0.15) is 81.0 Å². The van der Waals surface area contributed by atoms with Gasteiger partial charge in [-0.2, -0.15) is 0 Å². The molecule has 2 saturated heterocycles. The molecule has 29 heavy (non-hydrogen) atoms. The van der Waals surface area contributed by atoms with Crippen LogP contribution < -0.4 is 5.32 Å². The second-order valence-corrected chi connectivity index (χ2v) is 11.0. The maximum atomic E-state index is 11.6. The Hall–Kier alpha value is -1.55. The molecular weight excluding hydrogens is 360 g/mol. The van der Waals surface area contributed by atoms with Gasteiger partial charge in [-0.1, -0.05) is 18.6 Å². The summed E-state index contributed by atoms with van der Waals surface area (Å²) in [7, 11) is 0. The number of carboxylic acids is 1. The molecule has 4 aliphatic carbocycles. The van der Waals surface area contributed by atoms with Gasteiger partial charge in [0.2, 0.25) is 0 Å². The highest BCUT2D eigenvalue weighted by Gasteiger charge is 2.57. The van der Waals surface area contributed by atoms with E-state index in [1.54, 1.807) is 6.07 Å². The summed E-state index contributed by atoms with van der Waals surface area (Å²) in [5.41, 5.74) is 1.71. The quantitative estimate of drug-likeness (QED) is 0.741. The van der Waals surface area contributed by atoms with Gasteiger partial charge in [-0.3, -0.25) is 4.90 Å². The van der Waals surface area contributed by atoms with Gasteiger partial charge >= 0.3 is 5.97 Å². The molecule has 0 radical (unpaired) electrons. The van der Waals surface area contributed by atoms with Gasteiger partial charge in [-0.15, -0.1) is 0 Å². The topological polar surface area (TPSA) is 52.6 Å². The molecule has 1 aromatic rings. The van der Waals surface area contributed by atoms with Crippen molar-refractivity contribution in [3.8, 4) is 0 Å². The first-order chi connectivity index (χ1) is 14.1. The van der Waals surface area contributed by atoms with E-state index in [1.165, 1.54) is 70.6 Å². The van der Waals surface area contributed by atoms with Gasteiger partial charge in [0.05, 0.1) is 5.56 Å². The zero-order chi connectivity index (χ0) is 19.6. The van der Waals surface area contributed by atoms with Crippen molar-refractivity contribution in [2.45, 2.75) is 94.3 Å². The Morgan fingerprint density at radius 1 is 0.931 bits per heavy atom. The Kier molecular flexibility index (Phi) is 4.23. The van der Waals surface area contributed by atoms with Gasteiger partial charge < -0.3 is 10.4 Å². The number of aromatic carboxylic acids is 1. The number of carboxylic acid groups (broad SMARTS) is 1. The molecule has 0 aromatic heterocycles. The number of nitrogens with one attached hydrogen (secondary N) is 1. The smallest absolute Gasteiger partial charge is 0.337 e. The molecule has 0 unspecified atom stereocenters. The second kappa shape index (κ2) is 6.73. The third-order valence-electron chi connectivity index (χ3n) is 9.05. The lowest BCUT2D eigenvalue weighted by Crippen LogP contribution is -2.68. The average Bonchev–Trinajstić information content (AvgIpc) is 2.66. The molecular formula is C25H34N2O2. The fraction of sp³-hybridized carbons (Fsp3) is 0.720. The predicted octanol–water partition coefficient (Wildman–Crippen LogP) is 5.15. The van der Waals surface area contributed by atoms with Crippen molar-refractivity contribution in [1.29, 1.82) is 0 Å². The van der Waals surface area contributed by atoms with Gasteiger partial charge in [0.15, 0.2) is 0 Å². The first-order valence-corrected chi connectivity index (χ1v) is 12.0. The van der Waals surface area contributed by atoms with Gasteiger partial charge in [-0.05, 0) is 94.1 Å². The zero-order valence-corrected chi connectivity index (χ0v) is 17.4. The van der Waals surface area contributed by atoms with Crippen molar-refractivity contribution in [3.05, 3.63) is 29.8 Å². The fourth-order valence-electron chi connectivity index (χ4n) is 8.67. The Labute approximate surface area is 174 Å². The van der Waals surface area contributed by atoms with Crippen LogP contribution in [0.25, 0.3) is 0 Å². The first-order valence-electron chi connectivity index (χ1n) is 12.0. The molecule has 2 heterocycles. The molecule has 7 rings (SSSR count). The Morgan fingerprint density at radius 3 is 2.10 bits per heavy atom.